The zero-order chi connectivity index (χ0) is 14.0. The van der Waals surface area contributed by atoms with Crippen molar-refractivity contribution in [3.63, 3.8) is 0 Å². The van der Waals surface area contributed by atoms with Gasteiger partial charge in [-0.15, -0.1) is 0 Å². The first-order valence-corrected chi connectivity index (χ1v) is 6.51. The van der Waals surface area contributed by atoms with Crippen LogP contribution in [0.4, 0.5) is 5.69 Å². The smallest absolute Gasteiger partial charge is 0.275 e. The van der Waals surface area contributed by atoms with Crippen LogP contribution in [-0.2, 0) is 0 Å². The highest BCUT2D eigenvalue weighted by Gasteiger charge is 2.14. The fourth-order valence-electron chi connectivity index (χ4n) is 1.71. The van der Waals surface area contributed by atoms with Crippen LogP contribution in [0.1, 0.15) is 21.6 Å². The predicted octanol–water partition coefficient (Wildman–Crippen LogP) is 3.42. The summed E-state index contributed by atoms with van der Waals surface area (Å²) in [4.78, 5) is 16.1. The molecule has 98 valence electrons. The van der Waals surface area contributed by atoms with Crippen molar-refractivity contribution >= 4 is 27.5 Å². The van der Waals surface area contributed by atoms with Crippen LogP contribution in [0.5, 0.6) is 5.75 Å². The topological polar surface area (TPSA) is 62.2 Å². The number of amides is 1. The Morgan fingerprint density at radius 2 is 2.05 bits per heavy atom. The number of nitrogens with zero attached hydrogens (tertiary/aromatic N) is 1. The number of aromatic hydroxyl groups is 1. The minimum Gasteiger partial charge on any atom is -0.507 e. The molecular weight excluding hydrogens is 308 g/mol. The molecule has 0 unspecified atom stereocenters. The maximum Gasteiger partial charge on any atom is 0.275 e. The number of rotatable bonds is 2. The molecule has 0 spiro atoms. The lowest BCUT2D eigenvalue weighted by Gasteiger charge is -2.11. The van der Waals surface area contributed by atoms with Gasteiger partial charge in [0.05, 0.1) is 0 Å². The summed E-state index contributed by atoms with van der Waals surface area (Å²) in [5, 5.41) is 12.6. The third kappa shape index (κ3) is 2.76. The Hall–Kier alpha value is -1.88. The van der Waals surface area contributed by atoms with Crippen molar-refractivity contribution in [1.82, 2.24) is 4.98 Å². The van der Waals surface area contributed by atoms with Crippen LogP contribution in [0.25, 0.3) is 0 Å². The van der Waals surface area contributed by atoms with Crippen molar-refractivity contribution in [2.24, 2.45) is 0 Å². The second kappa shape index (κ2) is 5.40. The van der Waals surface area contributed by atoms with Gasteiger partial charge in [0.1, 0.15) is 11.4 Å². The lowest BCUT2D eigenvalue weighted by atomic mass is 10.1. The van der Waals surface area contributed by atoms with Gasteiger partial charge in [-0.25, -0.2) is 4.98 Å². The van der Waals surface area contributed by atoms with E-state index in [9.17, 15) is 9.90 Å². The van der Waals surface area contributed by atoms with Crippen molar-refractivity contribution in [2.45, 2.75) is 13.8 Å². The Morgan fingerprint density at radius 1 is 1.32 bits per heavy atom. The van der Waals surface area contributed by atoms with Gasteiger partial charge in [0.15, 0.2) is 0 Å². The highest BCUT2D eigenvalue weighted by atomic mass is 79.9. The van der Waals surface area contributed by atoms with Gasteiger partial charge in [-0.2, -0.15) is 0 Å². The highest BCUT2D eigenvalue weighted by molar-refractivity contribution is 9.10. The summed E-state index contributed by atoms with van der Waals surface area (Å²) >= 11 is 3.28. The molecule has 0 radical (unpaired) electrons. The second-order valence-corrected chi connectivity index (χ2v) is 5.05. The highest BCUT2D eigenvalue weighted by Crippen LogP contribution is 2.28. The Kier molecular flexibility index (Phi) is 3.85. The van der Waals surface area contributed by atoms with Gasteiger partial charge < -0.3 is 10.4 Å². The molecule has 1 aromatic carbocycles. The molecule has 19 heavy (non-hydrogen) atoms. The fourth-order valence-corrected chi connectivity index (χ4v) is 2.14. The number of phenols is 1. The molecule has 0 atom stereocenters. The molecule has 0 aliphatic rings. The maximum absolute atomic E-state index is 12.1. The fraction of sp³-hybridized carbons (Fsp3) is 0.143. The number of pyridine rings is 1. The Labute approximate surface area is 119 Å². The van der Waals surface area contributed by atoms with E-state index in [1.807, 2.05) is 6.92 Å². The zero-order valence-electron chi connectivity index (χ0n) is 10.6. The van der Waals surface area contributed by atoms with Crippen LogP contribution in [0.2, 0.25) is 0 Å². The van der Waals surface area contributed by atoms with Gasteiger partial charge in [0.2, 0.25) is 0 Å². The average Bonchev–Trinajstić information content (AvgIpc) is 2.40. The number of hydrogen-bond donors (Lipinski definition) is 2. The normalized spacial score (nSPS) is 10.3. The maximum atomic E-state index is 12.1. The largest absolute Gasteiger partial charge is 0.507 e. The number of aryl methyl sites for hydroxylation is 1. The second-order valence-electron chi connectivity index (χ2n) is 4.19. The number of carbonyl (C=O) groups is 1. The number of phenolic OH excluding ortho intramolecular Hbond substituents is 1. The lowest BCUT2D eigenvalue weighted by molar-refractivity contribution is 0.102. The van der Waals surface area contributed by atoms with E-state index >= 15 is 0 Å². The van der Waals surface area contributed by atoms with E-state index in [4.69, 9.17) is 0 Å². The first-order valence-electron chi connectivity index (χ1n) is 5.71. The van der Waals surface area contributed by atoms with E-state index in [1.165, 1.54) is 0 Å². The monoisotopic (exact) mass is 320 g/mol. The number of anilines is 1. The van der Waals surface area contributed by atoms with Crippen LogP contribution < -0.4 is 5.32 Å². The Balaban J connectivity index is 2.30. The third-order valence-electron chi connectivity index (χ3n) is 2.85. The van der Waals surface area contributed by atoms with Crippen LogP contribution >= 0.6 is 15.9 Å². The summed E-state index contributed by atoms with van der Waals surface area (Å²) in [6, 6.07) is 7.01. The number of halogens is 1. The molecule has 1 heterocycles. The molecule has 0 saturated carbocycles. The van der Waals surface area contributed by atoms with Gasteiger partial charge in [-0.1, -0.05) is 6.07 Å². The van der Waals surface area contributed by atoms with Crippen LogP contribution in [-0.4, -0.2) is 16.0 Å². The van der Waals surface area contributed by atoms with Crippen molar-refractivity contribution in [1.29, 1.82) is 0 Å². The quantitative estimate of drug-likeness (QED) is 0.891. The first kappa shape index (κ1) is 13.5. The molecule has 0 bridgehead atoms. The van der Waals surface area contributed by atoms with Gasteiger partial charge in [-0.3, -0.25) is 4.79 Å². The number of aromatic nitrogens is 1. The van der Waals surface area contributed by atoms with E-state index in [2.05, 4.69) is 26.2 Å². The molecule has 2 N–H and O–H groups in total. The SMILES string of the molecule is Cc1ccc(NC(=O)c2ncccc2Br)c(C)c1O. The number of carbonyl (C=O) groups excluding carboxylic acids is 1. The van der Waals surface area contributed by atoms with Gasteiger partial charge in [0, 0.05) is 21.9 Å². The molecule has 0 aliphatic carbocycles. The summed E-state index contributed by atoms with van der Waals surface area (Å²) in [5.74, 6) is -0.128. The lowest BCUT2D eigenvalue weighted by Crippen LogP contribution is -2.15. The van der Waals surface area contributed by atoms with Crippen molar-refractivity contribution in [3.05, 3.63) is 51.8 Å². The molecule has 0 fully saturated rings. The van der Waals surface area contributed by atoms with Crippen molar-refractivity contribution in [3.8, 4) is 5.75 Å². The van der Waals surface area contributed by atoms with E-state index in [0.29, 0.717) is 21.4 Å². The Morgan fingerprint density at radius 3 is 2.74 bits per heavy atom. The van der Waals surface area contributed by atoms with Crippen molar-refractivity contribution < 1.29 is 9.90 Å². The van der Waals surface area contributed by atoms with Crippen LogP contribution in [0, 0.1) is 13.8 Å². The summed E-state index contributed by atoms with van der Waals surface area (Å²) < 4.78 is 0.626. The van der Waals surface area contributed by atoms with E-state index in [0.717, 1.165) is 5.56 Å². The predicted molar refractivity (Wildman–Crippen MR) is 77.5 cm³/mol. The van der Waals surface area contributed by atoms with E-state index in [1.54, 1.807) is 37.4 Å². The number of nitrogens with one attached hydrogen (secondary N) is 1. The zero-order valence-corrected chi connectivity index (χ0v) is 12.2. The summed E-state index contributed by atoms with van der Waals surface area (Å²) in [6.45, 7) is 3.56. The standard InChI is InChI=1S/C14H13BrN2O2/c1-8-5-6-11(9(2)13(8)18)17-14(19)12-10(15)4-3-7-16-12/h3-7,18H,1-2H3,(H,17,19). The summed E-state index contributed by atoms with van der Waals surface area (Å²) in [5.41, 5.74) is 2.29. The van der Waals surface area contributed by atoms with Gasteiger partial charge in [-0.05, 0) is 53.5 Å². The minimum absolute atomic E-state index is 0.192. The molecular formula is C14H13BrN2O2. The molecule has 2 rings (SSSR count). The van der Waals surface area contributed by atoms with E-state index in [-0.39, 0.29) is 11.7 Å². The number of hydrogen-bond acceptors (Lipinski definition) is 3. The molecule has 2 aromatic rings. The molecule has 0 aliphatic heterocycles. The van der Waals surface area contributed by atoms with Crippen LogP contribution in [0.3, 0.4) is 0 Å². The Bertz CT molecular complexity index is 641. The van der Waals surface area contributed by atoms with Gasteiger partial charge in [0.25, 0.3) is 5.91 Å². The van der Waals surface area contributed by atoms with Crippen molar-refractivity contribution in [2.75, 3.05) is 5.32 Å². The van der Waals surface area contributed by atoms with Gasteiger partial charge >= 0.3 is 0 Å². The molecule has 1 aromatic heterocycles. The number of benzene rings is 1. The summed E-state index contributed by atoms with van der Waals surface area (Å²) in [7, 11) is 0. The molecule has 1 amide bonds. The minimum atomic E-state index is -0.321. The van der Waals surface area contributed by atoms with Crippen LogP contribution in [0.15, 0.2) is 34.9 Å². The summed E-state index contributed by atoms with van der Waals surface area (Å²) in [6.07, 6.45) is 1.55. The molecule has 5 heteroatoms. The van der Waals surface area contributed by atoms with E-state index < -0.39 is 0 Å². The third-order valence-corrected chi connectivity index (χ3v) is 3.49. The first-order chi connectivity index (χ1) is 9.00. The molecule has 0 saturated heterocycles. The molecule has 4 nitrogen and oxygen atoms in total. The average molecular weight is 321 g/mol.